The van der Waals surface area contributed by atoms with Gasteiger partial charge >= 0.3 is 6.71 Å². The van der Waals surface area contributed by atoms with Gasteiger partial charge in [0, 0.05) is 30.3 Å². The predicted octanol–water partition coefficient (Wildman–Crippen LogP) is 1.86. The van der Waals surface area contributed by atoms with Crippen molar-refractivity contribution in [3.05, 3.63) is 65.1 Å². The molecule has 6 heteroatoms. The van der Waals surface area contributed by atoms with Crippen LogP contribution in [0.4, 0.5) is 5.69 Å². The fourth-order valence-corrected chi connectivity index (χ4v) is 4.84. The molecule has 0 aliphatic carbocycles. The Kier molecular flexibility index (Phi) is 4.08. The number of carbonyl (C=O) groups excluding carboxylic acids is 1. The number of benzene rings is 2. The molecule has 2 aromatic rings. The molecule has 28 heavy (non-hydrogen) atoms. The zero-order valence-corrected chi connectivity index (χ0v) is 15.4. The number of hydrogen-bond donors (Lipinski definition) is 2. The molecule has 138 valence electrons. The first kappa shape index (κ1) is 17.2. The van der Waals surface area contributed by atoms with Crippen LogP contribution in [0.5, 0.6) is 0 Å². The Morgan fingerprint density at radius 3 is 2.96 bits per heavy atom. The summed E-state index contributed by atoms with van der Waals surface area (Å²) in [7, 11) is 0. The Balaban J connectivity index is 1.36. The highest BCUT2D eigenvalue weighted by Gasteiger charge is 2.35. The third-order valence-electron chi connectivity index (χ3n) is 6.17. The second kappa shape index (κ2) is 6.63. The average molecular weight is 369 g/mol. The zero-order chi connectivity index (χ0) is 19.3. The molecule has 2 aromatic carbocycles. The van der Waals surface area contributed by atoms with Crippen molar-refractivity contribution >= 4 is 29.3 Å². The molecule has 2 N–H and O–H groups in total. The minimum absolute atomic E-state index is 0.158. The van der Waals surface area contributed by atoms with Gasteiger partial charge in [0.1, 0.15) is 0 Å². The van der Waals surface area contributed by atoms with E-state index in [0.29, 0.717) is 5.92 Å². The summed E-state index contributed by atoms with van der Waals surface area (Å²) in [6, 6.07) is 14.0. The van der Waals surface area contributed by atoms with Gasteiger partial charge in [0.2, 0.25) is 0 Å². The van der Waals surface area contributed by atoms with Crippen LogP contribution < -0.4 is 10.8 Å². The van der Waals surface area contributed by atoms with Gasteiger partial charge in [0.25, 0.3) is 5.91 Å². The van der Waals surface area contributed by atoms with Crippen LogP contribution in [0.1, 0.15) is 35.1 Å². The first-order chi connectivity index (χ1) is 13.7. The summed E-state index contributed by atoms with van der Waals surface area (Å²) in [5.74, 6) is 4.43. The first-order valence-electron chi connectivity index (χ1n) is 9.69. The standard InChI is InChI=1S/C22H20BN3O2/c24-13-23-10-15(16-4-1-2-6-18(16)23)12-26-9-8-14(11-26)17-5-3-7-19-20(17)21(27)22(28)25-19/h1-7,10,14,21,27H,8-9,11-12H2,(H,25,28). The van der Waals surface area contributed by atoms with Crippen LogP contribution >= 0.6 is 0 Å². The van der Waals surface area contributed by atoms with E-state index in [9.17, 15) is 15.2 Å². The van der Waals surface area contributed by atoms with E-state index >= 15 is 0 Å². The van der Waals surface area contributed by atoms with Crippen molar-refractivity contribution in [3.8, 4) is 5.97 Å². The molecule has 3 heterocycles. The lowest BCUT2D eigenvalue weighted by atomic mass is 9.48. The molecule has 1 fully saturated rings. The normalized spacial score (nSPS) is 23.2. The van der Waals surface area contributed by atoms with Crippen molar-refractivity contribution in [2.75, 3.05) is 25.0 Å². The summed E-state index contributed by atoms with van der Waals surface area (Å²) < 4.78 is 0. The maximum absolute atomic E-state index is 11.9. The summed E-state index contributed by atoms with van der Waals surface area (Å²) in [6.45, 7) is 2.51. The molecular formula is C22H20BN3O2. The fraction of sp³-hybridized carbons (Fsp3) is 0.273. The number of aliphatic hydroxyl groups excluding tert-OH is 1. The van der Waals surface area contributed by atoms with E-state index in [-0.39, 0.29) is 12.6 Å². The Hall–Kier alpha value is -2.88. The molecular weight excluding hydrogens is 349 g/mol. The lowest BCUT2D eigenvalue weighted by molar-refractivity contribution is -0.123. The van der Waals surface area contributed by atoms with Gasteiger partial charge in [-0.1, -0.05) is 47.8 Å². The topological polar surface area (TPSA) is 76.4 Å². The number of aliphatic hydroxyl groups is 1. The molecule has 2 unspecified atom stereocenters. The third-order valence-corrected chi connectivity index (χ3v) is 6.17. The number of amides is 1. The number of anilines is 1. The van der Waals surface area contributed by atoms with Crippen LogP contribution in [0.15, 0.2) is 48.4 Å². The Morgan fingerprint density at radius 2 is 2.11 bits per heavy atom. The van der Waals surface area contributed by atoms with Crippen molar-refractivity contribution in [2.24, 2.45) is 0 Å². The minimum atomic E-state index is -1.07. The molecule has 2 atom stereocenters. The van der Waals surface area contributed by atoms with E-state index in [1.54, 1.807) is 0 Å². The molecule has 0 saturated carbocycles. The first-order valence-corrected chi connectivity index (χ1v) is 9.69. The molecule has 3 aliphatic heterocycles. The summed E-state index contributed by atoms with van der Waals surface area (Å²) in [4.78, 5) is 14.3. The van der Waals surface area contributed by atoms with Crippen LogP contribution in [0.2, 0.25) is 0 Å². The van der Waals surface area contributed by atoms with Gasteiger partial charge in [0.05, 0.1) is 0 Å². The van der Waals surface area contributed by atoms with E-state index in [1.165, 1.54) is 11.1 Å². The summed E-state index contributed by atoms with van der Waals surface area (Å²) >= 11 is 0. The highest BCUT2D eigenvalue weighted by atomic mass is 16.3. The number of nitriles is 1. The van der Waals surface area contributed by atoms with Crippen molar-refractivity contribution in [1.82, 2.24) is 4.90 Å². The van der Waals surface area contributed by atoms with Gasteiger partial charge in [0.15, 0.2) is 6.10 Å². The van der Waals surface area contributed by atoms with E-state index in [0.717, 1.165) is 48.3 Å². The van der Waals surface area contributed by atoms with Crippen molar-refractivity contribution in [3.63, 3.8) is 0 Å². The van der Waals surface area contributed by atoms with Crippen LogP contribution in [-0.2, 0) is 4.79 Å². The highest BCUT2D eigenvalue weighted by molar-refractivity contribution is 6.87. The van der Waals surface area contributed by atoms with Crippen molar-refractivity contribution in [1.29, 1.82) is 5.26 Å². The van der Waals surface area contributed by atoms with Gasteiger partial charge in [-0.05, 0) is 41.6 Å². The monoisotopic (exact) mass is 369 g/mol. The van der Waals surface area contributed by atoms with Gasteiger partial charge in [-0.3, -0.25) is 9.69 Å². The second-order valence-corrected chi connectivity index (χ2v) is 7.81. The second-order valence-electron chi connectivity index (χ2n) is 7.81. The molecule has 1 amide bonds. The van der Waals surface area contributed by atoms with Gasteiger partial charge in [-0.15, -0.1) is 0 Å². The van der Waals surface area contributed by atoms with E-state index in [1.807, 2.05) is 36.4 Å². The smallest absolute Gasteiger partial charge is 0.326 e. The third kappa shape index (κ3) is 2.67. The van der Waals surface area contributed by atoms with Gasteiger partial charge < -0.3 is 10.4 Å². The molecule has 0 spiro atoms. The average Bonchev–Trinajstić information content (AvgIpc) is 3.39. The molecule has 0 bridgehead atoms. The maximum atomic E-state index is 11.9. The van der Waals surface area contributed by atoms with Crippen molar-refractivity contribution < 1.29 is 9.90 Å². The number of nitrogens with zero attached hydrogens (tertiary/aromatic N) is 2. The summed E-state index contributed by atoms with van der Waals surface area (Å²) in [5, 5.41) is 22.5. The summed E-state index contributed by atoms with van der Waals surface area (Å²) in [5.41, 5.74) is 6.05. The SMILES string of the molecule is N#CB1C=C(CN2CCC(c3cccc4c3C(O)C(=O)N4)C2)c2ccccc21. The molecule has 0 radical (unpaired) electrons. The number of rotatable bonds is 3. The molecule has 5 nitrogen and oxygen atoms in total. The Bertz CT molecular complexity index is 1040. The quantitative estimate of drug-likeness (QED) is 0.810. The van der Waals surface area contributed by atoms with E-state index < -0.39 is 6.10 Å². The van der Waals surface area contributed by atoms with Crippen LogP contribution in [0.25, 0.3) is 5.57 Å². The number of nitrogens with one attached hydrogen (secondary N) is 1. The van der Waals surface area contributed by atoms with Gasteiger partial charge in [-0.25, -0.2) is 5.26 Å². The lowest BCUT2D eigenvalue weighted by Crippen LogP contribution is -2.25. The number of fused-ring (bicyclic) bond motifs is 2. The Morgan fingerprint density at radius 1 is 1.25 bits per heavy atom. The number of hydrogen-bond acceptors (Lipinski definition) is 4. The predicted molar refractivity (Wildman–Crippen MR) is 109 cm³/mol. The van der Waals surface area contributed by atoms with Crippen LogP contribution in [0.3, 0.4) is 0 Å². The maximum Gasteiger partial charge on any atom is 0.326 e. The van der Waals surface area contributed by atoms with Crippen LogP contribution in [-0.4, -0.2) is 42.3 Å². The lowest BCUT2D eigenvalue weighted by Gasteiger charge is -2.19. The minimum Gasteiger partial charge on any atom is -0.378 e. The van der Waals surface area contributed by atoms with Gasteiger partial charge in [-0.2, -0.15) is 0 Å². The molecule has 0 aromatic heterocycles. The van der Waals surface area contributed by atoms with Crippen molar-refractivity contribution in [2.45, 2.75) is 18.4 Å². The molecule has 3 aliphatic rings. The number of carbonyl (C=O) groups is 1. The number of likely N-dealkylation sites (tertiary alicyclic amines) is 1. The fourth-order valence-electron chi connectivity index (χ4n) is 4.84. The molecule has 5 rings (SSSR count). The van der Waals surface area contributed by atoms with E-state index in [4.69, 9.17) is 0 Å². The highest BCUT2D eigenvalue weighted by Crippen LogP contribution is 2.40. The largest absolute Gasteiger partial charge is 0.378 e. The van der Waals surface area contributed by atoms with E-state index in [2.05, 4.69) is 28.2 Å². The van der Waals surface area contributed by atoms with Crippen LogP contribution in [0, 0.1) is 11.2 Å². The molecule has 1 saturated heterocycles. The summed E-state index contributed by atoms with van der Waals surface area (Å²) in [6.07, 6.45) is -0.0745. The Labute approximate surface area is 164 Å². The zero-order valence-electron chi connectivity index (χ0n) is 15.4.